The summed E-state index contributed by atoms with van der Waals surface area (Å²) >= 11 is 10.8. The fourth-order valence-corrected chi connectivity index (χ4v) is 0.869. The van der Waals surface area contributed by atoms with E-state index in [1.54, 1.807) is 0 Å². The summed E-state index contributed by atoms with van der Waals surface area (Å²) in [6.45, 7) is 4.62. The average Bonchev–Trinajstić information content (AvgIpc) is 2.04. The molecule has 1 N–H and O–H groups in total. The lowest BCUT2D eigenvalue weighted by Crippen LogP contribution is -2.09. The van der Waals surface area contributed by atoms with E-state index in [9.17, 15) is 4.79 Å². The van der Waals surface area contributed by atoms with E-state index in [2.05, 4.69) is 11.3 Å². The van der Waals surface area contributed by atoms with Crippen LogP contribution in [-0.4, -0.2) is 29.1 Å². The van der Waals surface area contributed by atoms with Crippen LogP contribution in [0.3, 0.4) is 0 Å². The van der Waals surface area contributed by atoms with Gasteiger partial charge in [0, 0.05) is 19.2 Å². The molecule has 5 heteroatoms. The molecule has 0 aromatic carbocycles. The highest BCUT2D eigenvalue weighted by atomic mass is 35.5. The molecular weight excluding hydrogens is 215 g/mol. The van der Waals surface area contributed by atoms with E-state index >= 15 is 0 Å². The third-order valence-electron chi connectivity index (χ3n) is 0.759. The van der Waals surface area contributed by atoms with Gasteiger partial charge in [-0.1, -0.05) is 17.7 Å². The van der Waals surface area contributed by atoms with Gasteiger partial charge < -0.3 is 9.84 Å². The normalized spacial score (nSPS) is 10.8. The molecule has 0 aliphatic heterocycles. The van der Waals surface area contributed by atoms with Gasteiger partial charge in [0.1, 0.15) is 0 Å². The number of hydrogen-bond acceptors (Lipinski definition) is 3. The quantitative estimate of drug-likeness (QED) is 0.455. The Morgan fingerprint density at radius 3 is 2.46 bits per heavy atom. The minimum Gasteiger partial charge on any atom is -0.446 e. The molecule has 0 heterocycles. The molecule has 0 aliphatic carbocycles. The minimum atomic E-state index is -0.569. The zero-order chi connectivity index (χ0) is 10.7. The molecule has 0 aromatic rings. The smallest absolute Gasteiger partial charge is 0.304 e. The van der Waals surface area contributed by atoms with Crippen molar-refractivity contribution in [2.45, 2.75) is 18.9 Å². The van der Waals surface area contributed by atoms with Crippen LogP contribution in [0.1, 0.15) is 13.3 Å². The van der Waals surface area contributed by atoms with Crippen molar-refractivity contribution in [3.8, 4) is 0 Å². The van der Waals surface area contributed by atoms with E-state index in [1.807, 2.05) is 0 Å². The SMILES string of the molecule is C=CCO.CC(=O)OC(Cl)CCCl. The summed E-state index contributed by atoms with van der Waals surface area (Å²) in [5.41, 5.74) is -0.569. The zero-order valence-corrected chi connectivity index (χ0v) is 9.01. The lowest BCUT2D eigenvalue weighted by Gasteiger charge is -2.05. The van der Waals surface area contributed by atoms with Gasteiger partial charge in [0.05, 0.1) is 6.61 Å². The molecule has 0 aliphatic rings. The van der Waals surface area contributed by atoms with Crippen molar-refractivity contribution in [3.05, 3.63) is 12.7 Å². The number of carbonyl (C=O) groups excluding carboxylic acids is 1. The number of carbonyl (C=O) groups is 1. The molecular formula is C8H14Cl2O3. The van der Waals surface area contributed by atoms with Gasteiger partial charge in [-0.25, -0.2) is 0 Å². The third-order valence-corrected chi connectivity index (χ3v) is 1.28. The Bertz CT molecular complexity index is 139. The number of aliphatic hydroxyl groups excluding tert-OH is 1. The van der Waals surface area contributed by atoms with Gasteiger partial charge in [0.2, 0.25) is 0 Å². The average molecular weight is 229 g/mol. The first kappa shape index (κ1) is 15.2. The summed E-state index contributed by atoms with van der Waals surface area (Å²) in [7, 11) is 0. The van der Waals surface area contributed by atoms with Gasteiger partial charge in [0.15, 0.2) is 5.56 Å². The molecule has 0 saturated carbocycles. The second-order valence-electron chi connectivity index (χ2n) is 1.97. The van der Waals surface area contributed by atoms with Crippen LogP contribution < -0.4 is 0 Å². The number of hydrogen-bond donors (Lipinski definition) is 1. The van der Waals surface area contributed by atoms with Gasteiger partial charge >= 0.3 is 5.97 Å². The summed E-state index contributed by atoms with van der Waals surface area (Å²) < 4.78 is 4.53. The number of alkyl halides is 2. The molecule has 0 radical (unpaired) electrons. The topological polar surface area (TPSA) is 46.5 Å². The molecule has 0 fully saturated rings. The zero-order valence-electron chi connectivity index (χ0n) is 7.50. The number of rotatable bonds is 4. The molecule has 0 rings (SSSR count). The third kappa shape index (κ3) is 18.6. The highest BCUT2D eigenvalue weighted by molar-refractivity contribution is 6.21. The maximum atomic E-state index is 10.2. The van der Waals surface area contributed by atoms with Crippen molar-refractivity contribution >= 4 is 29.2 Å². The largest absolute Gasteiger partial charge is 0.446 e. The summed E-state index contributed by atoms with van der Waals surface area (Å²) in [5, 5.41) is 7.76. The molecule has 0 spiro atoms. The summed E-state index contributed by atoms with van der Waals surface area (Å²) in [5.74, 6) is 0.0293. The van der Waals surface area contributed by atoms with Crippen molar-refractivity contribution in [1.82, 2.24) is 0 Å². The van der Waals surface area contributed by atoms with Crippen LogP contribution in [0.15, 0.2) is 12.7 Å². The van der Waals surface area contributed by atoms with Crippen LogP contribution in [0.25, 0.3) is 0 Å². The van der Waals surface area contributed by atoms with E-state index in [-0.39, 0.29) is 12.6 Å². The predicted molar refractivity (Wildman–Crippen MR) is 54.0 cm³/mol. The monoisotopic (exact) mass is 228 g/mol. The maximum absolute atomic E-state index is 10.2. The van der Waals surface area contributed by atoms with Crippen LogP contribution in [-0.2, 0) is 9.53 Å². The van der Waals surface area contributed by atoms with E-state index in [0.29, 0.717) is 12.3 Å². The molecule has 0 bridgehead atoms. The Morgan fingerprint density at radius 2 is 2.23 bits per heavy atom. The van der Waals surface area contributed by atoms with Crippen molar-refractivity contribution in [3.63, 3.8) is 0 Å². The molecule has 78 valence electrons. The lowest BCUT2D eigenvalue weighted by molar-refractivity contribution is -0.142. The van der Waals surface area contributed by atoms with E-state index in [1.165, 1.54) is 13.0 Å². The Labute approximate surface area is 88.3 Å². The molecule has 0 amide bonds. The fraction of sp³-hybridized carbons (Fsp3) is 0.625. The second-order valence-corrected chi connectivity index (χ2v) is 2.83. The van der Waals surface area contributed by atoms with Crippen molar-refractivity contribution in [1.29, 1.82) is 0 Å². The Hall–Kier alpha value is -0.250. The van der Waals surface area contributed by atoms with Gasteiger partial charge in [0.25, 0.3) is 0 Å². The van der Waals surface area contributed by atoms with Crippen molar-refractivity contribution in [2.75, 3.05) is 12.5 Å². The molecule has 0 saturated heterocycles. The van der Waals surface area contributed by atoms with Crippen LogP contribution in [0.2, 0.25) is 0 Å². The van der Waals surface area contributed by atoms with Gasteiger partial charge in [-0.15, -0.1) is 18.2 Å². The summed E-state index contributed by atoms with van der Waals surface area (Å²) in [4.78, 5) is 10.2. The number of aliphatic hydroxyl groups is 1. The molecule has 13 heavy (non-hydrogen) atoms. The number of esters is 1. The molecule has 0 aromatic heterocycles. The van der Waals surface area contributed by atoms with Gasteiger partial charge in [-0.2, -0.15) is 0 Å². The first-order chi connectivity index (χ1) is 6.08. The fourth-order valence-electron chi connectivity index (χ4n) is 0.325. The molecule has 1 atom stereocenters. The van der Waals surface area contributed by atoms with Gasteiger partial charge in [-0.05, 0) is 0 Å². The minimum absolute atomic E-state index is 0.0833. The van der Waals surface area contributed by atoms with Crippen LogP contribution in [0.4, 0.5) is 0 Å². The highest BCUT2D eigenvalue weighted by Gasteiger charge is 2.04. The Balaban J connectivity index is 0. The predicted octanol–water partition coefficient (Wildman–Crippen LogP) is 1.91. The van der Waals surface area contributed by atoms with E-state index in [4.69, 9.17) is 28.3 Å². The number of halogens is 2. The Kier molecular flexibility index (Phi) is 13.8. The highest BCUT2D eigenvalue weighted by Crippen LogP contribution is 2.04. The van der Waals surface area contributed by atoms with Crippen LogP contribution in [0.5, 0.6) is 0 Å². The van der Waals surface area contributed by atoms with Crippen molar-refractivity contribution in [2.24, 2.45) is 0 Å². The first-order valence-corrected chi connectivity index (χ1v) is 4.64. The lowest BCUT2D eigenvalue weighted by atomic mass is 10.5. The van der Waals surface area contributed by atoms with Gasteiger partial charge in [-0.3, -0.25) is 4.79 Å². The standard InChI is InChI=1S/C5H8Cl2O2.C3H6O/c1-4(8)9-5(7)2-3-6;1-2-3-4/h5H,2-3H2,1H3;2,4H,1,3H2. The first-order valence-electron chi connectivity index (χ1n) is 3.67. The van der Waals surface area contributed by atoms with E-state index < -0.39 is 5.56 Å². The maximum Gasteiger partial charge on any atom is 0.304 e. The summed E-state index contributed by atoms with van der Waals surface area (Å²) in [6, 6.07) is 0. The Morgan fingerprint density at radius 1 is 1.77 bits per heavy atom. The number of ether oxygens (including phenoxy) is 1. The summed E-state index contributed by atoms with van der Waals surface area (Å²) in [6.07, 6.45) is 1.92. The van der Waals surface area contributed by atoms with Crippen LogP contribution >= 0.6 is 23.2 Å². The molecule has 3 nitrogen and oxygen atoms in total. The second kappa shape index (κ2) is 11.8. The van der Waals surface area contributed by atoms with E-state index in [0.717, 1.165) is 0 Å². The van der Waals surface area contributed by atoms with Crippen molar-refractivity contribution < 1.29 is 14.6 Å². The molecule has 1 unspecified atom stereocenters. The van der Waals surface area contributed by atoms with Crippen LogP contribution in [0, 0.1) is 0 Å².